The highest BCUT2D eigenvalue weighted by molar-refractivity contribution is 7.19. The summed E-state index contributed by atoms with van der Waals surface area (Å²) in [5, 5.41) is 13.6. The van der Waals surface area contributed by atoms with Crippen LogP contribution in [0.5, 0.6) is 0 Å². The second kappa shape index (κ2) is 5.31. The van der Waals surface area contributed by atoms with Gasteiger partial charge in [-0.15, -0.1) is 11.3 Å². The number of benzene rings is 1. The summed E-state index contributed by atoms with van der Waals surface area (Å²) < 4.78 is 1.06. The van der Waals surface area contributed by atoms with Gasteiger partial charge in [0.1, 0.15) is 0 Å². The predicted molar refractivity (Wildman–Crippen MR) is 77.9 cm³/mol. The van der Waals surface area contributed by atoms with Crippen LogP contribution in [0.3, 0.4) is 0 Å². The van der Waals surface area contributed by atoms with Gasteiger partial charge in [0.05, 0.1) is 5.56 Å². The number of hydrogen-bond acceptors (Lipinski definition) is 3. The van der Waals surface area contributed by atoms with Crippen molar-refractivity contribution < 1.29 is 9.90 Å². The number of carbonyl (C=O) groups is 1. The molecule has 3 nitrogen and oxygen atoms in total. The highest BCUT2D eigenvalue weighted by Crippen LogP contribution is 2.29. The number of aromatic carboxylic acids is 1. The predicted octanol–water partition coefficient (Wildman–Crippen LogP) is 3.63. The van der Waals surface area contributed by atoms with Crippen LogP contribution in [0.4, 0.5) is 0 Å². The van der Waals surface area contributed by atoms with Gasteiger partial charge in [0.2, 0.25) is 0 Å². The minimum absolute atomic E-state index is 0.404. The van der Waals surface area contributed by atoms with Crippen LogP contribution in [-0.4, -0.2) is 17.1 Å². The zero-order valence-corrected chi connectivity index (χ0v) is 11.5. The average molecular weight is 275 g/mol. The van der Waals surface area contributed by atoms with Gasteiger partial charge in [-0.3, -0.25) is 0 Å². The third kappa shape index (κ3) is 2.65. The van der Waals surface area contributed by atoms with E-state index in [0.29, 0.717) is 11.6 Å². The molecule has 0 radical (unpaired) electrons. The molecule has 1 aromatic heterocycles. The van der Waals surface area contributed by atoms with Gasteiger partial charge in [-0.25, -0.2) is 4.79 Å². The SMILES string of the molecule is O=C(O)c1cccc2sc(CNC3CCCC3)cc12. The second-order valence-electron chi connectivity index (χ2n) is 5.10. The number of hydrogen-bond donors (Lipinski definition) is 2. The molecule has 0 amide bonds. The van der Waals surface area contributed by atoms with Crippen molar-refractivity contribution in [1.29, 1.82) is 0 Å². The molecule has 2 aromatic rings. The fraction of sp³-hybridized carbons (Fsp3) is 0.400. The van der Waals surface area contributed by atoms with E-state index in [4.69, 9.17) is 0 Å². The van der Waals surface area contributed by atoms with Crippen molar-refractivity contribution in [2.45, 2.75) is 38.3 Å². The van der Waals surface area contributed by atoms with E-state index in [0.717, 1.165) is 16.6 Å². The fourth-order valence-electron chi connectivity index (χ4n) is 2.76. The van der Waals surface area contributed by atoms with Crippen molar-refractivity contribution in [3.63, 3.8) is 0 Å². The maximum Gasteiger partial charge on any atom is 0.336 e. The van der Waals surface area contributed by atoms with Gasteiger partial charge in [0.25, 0.3) is 0 Å². The van der Waals surface area contributed by atoms with Gasteiger partial charge in [-0.1, -0.05) is 18.9 Å². The lowest BCUT2D eigenvalue weighted by atomic mass is 10.1. The molecular formula is C15H17NO2S. The van der Waals surface area contributed by atoms with Crippen molar-refractivity contribution in [1.82, 2.24) is 5.32 Å². The molecule has 100 valence electrons. The number of thiophene rings is 1. The Labute approximate surface area is 116 Å². The maximum atomic E-state index is 11.2. The molecule has 0 unspecified atom stereocenters. The summed E-state index contributed by atoms with van der Waals surface area (Å²) in [6.07, 6.45) is 5.19. The topological polar surface area (TPSA) is 49.3 Å². The first-order valence-corrected chi connectivity index (χ1v) is 7.54. The lowest BCUT2D eigenvalue weighted by molar-refractivity contribution is 0.0699. The molecular weight excluding hydrogens is 258 g/mol. The molecule has 0 bridgehead atoms. The van der Waals surface area contributed by atoms with Crippen LogP contribution in [0.1, 0.15) is 40.9 Å². The molecule has 0 spiro atoms. The molecule has 1 aliphatic rings. The van der Waals surface area contributed by atoms with Crippen LogP contribution >= 0.6 is 11.3 Å². The number of carboxylic acids is 1. The number of rotatable bonds is 4. The van der Waals surface area contributed by atoms with E-state index in [9.17, 15) is 9.90 Å². The van der Waals surface area contributed by atoms with Gasteiger partial charge in [0, 0.05) is 27.5 Å². The first kappa shape index (κ1) is 12.6. The summed E-state index contributed by atoms with van der Waals surface area (Å²) in [6, 6.07) is 8.14. The van der Waals surface area contributed by atoms with Crippen molar-refractivity contribution in [2.75, 3.05) is 0 Å². The van der Waals surface area contributed by atoms with Crippen LogP contribution in [0.15, 0.2) is 24.3 Å². The normalized spacial score (nSPS) is 16.2. The van der Waals surface area contributed by atoms with E-state index in [-0.39, 0.29) is 0 Å². The van der Waals surface area contributed by atoms with Crippen molar-refractivity contribution in [3.8, 4) is 0 Å². The number of carboxylic acid groups (broad SMARTS) is 1. The largest absolute Gasteiger partial charge is 0.478 e. The maximum absolute atomic E-state index is 11.2. The van der Waals surface area contributed by atoms with Crippen molar-refractivity contribution in [2.24, 2.45) is 0 Å². The number of fused-ring (bicyclic) bond motifs is 1. The highest BCUT2D eigenvalue weighted by Gasteiger charge is 2.15. The molecule has 1 heterocycles. The molecule has 19 heavy (non-hydrogen) atoms. The third-order valence-electron chi connectivity index (χ3n) is 3.76. The fourth-order valence-corrected chi connectivity index (χ4v) is 3.80. The minimum Gasteiger partial charge on any atom is -0.478 e. The molecule has 3 rings (SSSR count). The first-order valence-electron chi connectivity index (χ1n) is 6.72. The molecule has 1 fully saturated rings. The van der Waals surface area contributed by atoms with Gasteiger partial charge in [-0.2, -0.15) is 0 Å². The smallest absolute Gasteiger partial charge is 0.336 e. The second-order valence-corrected chi connectivity index (χ2v) is 6.27. The molecule has 1 aromatic carbocycles. The van der Waals surface area contributed by atoms with E-state index in [1.165, 1.54) is 30.6 Å². The van der Waals surface area contributed by atoms with Gasteiger partial charge < -0.3 is 10.4 Å². The Morgan fingerprint density at radius 2 is 2.16 bits per heavy atom. The van der Waals surface area contributed by atoms with Gasteiger partial charge >= 0.3 is 5.97 Å². The number of nitrogens with one attached hydrogen (secondary N) is 1. The molecule has 1 saturated carbocycles. The molecule has 1 aliphatic carbocycles. The summed E-state index contributed by atoms with van der Waals surface area (Å²) >= 11 is 1.69. The minimum atomic E-state index is -0.848. The first-order chi connectivity index (χ1) is 9.24. The van der Waals surface area contributed by atoms with Crippen LogP contribution in [0, 0.1) is 0 Å². The van der Waals surface area contributed by atoms with E-state index in [1.807, 2.05) is 18.2 Å². The Hall–Kier alpha value is -1.39. The average Bonchev–Trinajstić information content (AvgIpc) is 3.04. The zero-order valence-electron chi connectivity index (χ0n) is 10.7. The Morgan fingerprint density at radius 3 is 2.89 bits per heavy atom. The monoisotopic (exact) mass is 275 g/mol. The Morgan fingerprint density at radius 1 is 1.37 bits per heavy atom. The molecule has 2 N–H and O–H groups in total. The zero-order chi connectivity index (χ0) is 13.2. The molecule has 0 saturated heterocycles. The molecule has 0 aliphatic heterocycles. The van der Waals surface area contributed by atoms with E-state index in [2.05, 4.69) is 5.32 Å². The third-order valence-corrected chi connectivity index (χ3v) is 4.86. The van der Waals surface area contributed by atoms with E-state index >= 15 is 0 Å². The molecule has 4 heteroatoms. The van der Waals surface area contributed by atoms with Crippen molar-refractivity contribution in [3.05, 3.63) is 34.7 Å². The van der Waals surface area contributed by atoms with Crippen LogP contribution in [-0.2, 0) is 6.54 Å². The van der Waals surface area contributed by atoms with Gasteiger partial charge in [-0.05, 0) is 31.0 Å². The Kier molecular flexibility index (Phi) is 3.53. The quantitative estimate of drug-likeness (QED) is 0.895. The lowest BCUT2D eigenvalue weighted by Gasteiger charge is -2.09. The summed E-state index contributed by atoms with van der Waals surface area (Å²) in [7, 11) is 0. The summed E-state index contributed by atoms with van der Waals surface area (Å²) in [5.74, 6) is -0.848. The highest BCUT2D eigenvalue weighted by atomic mass is 32.1. The van der Waals surface area contributed by atoms with Crippen molar-refractivity contribution >= 4 is 27.4 Å². The lowest BCUT2D eigenvalue weighted by Crippen LogP contribution is -2.24. The van der Waals surface area contributed by atoms with Crippen LogP contribution in [0.2, 0.25) is 0 Å². The van der Waals surface area contributed by atoms with E-state index < -0.39 is 5.97 Å². The van der Waals surface area contributed by atoms with Crippen LogP contribution in [0.25, 0.3) is 10.1 Å². The summed E-state index contributed by atoms with van der Waals surface area (Å²) in [4.78, 5) is 12.4. The summed E-state index contributed by atoms with van der Waals surface area (Å²) in [5.41, 5.74) is 0.404. The Balaban J connectivity index is 1.80. The standard InChI is InChI=1S/C15H17NO2S/c17-15(18)12-6-3-7-14-13(12)8-11(19-14)9-16-10-4-1-2-5-10/h3,6-8,10,16H,1-2,4-5,9H2,(H,17,18). The summed E-state index contributed by atoms with van der Waals surface area (Å²) in [6.45, 7) is 0.850. The molecule has 0 atom stereocenters. The Bertz CT molecular complexity index is 599. The van der Waals surface area contributed by atoms with E-state index in [1.54, 1.807) is 17.4 Å². The van der Waals surface area contributed by atoms with Crippen LogP contribution < -0.4 is 5.32 Å². The van der Waals surface area contributed by atoms with Gasteiger partial charge in [0.15, 0.2) is 0 Å².